The van der Waals surface area contributed by atoms with Crippen LogP contribution in [0.4, 0.5) is 0 Å². The van der Waals surface area contributed by atoms with Crippen LogP contribution in [-0.2, 0) is 9.53 Å². The third kappa shape index (κ3) is 2.49. The number of nitrogens with zero attached hydrogens (tertiary/aromatic N) is 1. The van der Waals surface area contributed by atoms with Gasteiger partial charge in [0, 0.05) is 30.5 Å². The van der Waals surface area contributed by atoms with Gasteiger partial charge in [-0.2, -0.15) is 0 Å². The lowest BCUT2D eigenvalue weighted by Crippen LogP contribution is -2.48. The second kappa shape index (κ2) is 5.32. The van der Waals surface area contributed by atoms with Crippen LogP contribution in [-0.4, -0.2) is 37.1 Å². The fraction of sp³-hybridized carbons (Fsp3) is 0.941. The number of amides is 1. The molecule has 1 unspecified atom stereocenters. The zero-order valence-corrected chi connectivity index (χ0v) is 13.1. The highest BCUT2D eigenvalue weighted by Gasteiger charge is 2.50. The lowest BCUT2D eigenvalue weighted by Gasteiger charge is -2.44. The topological polar surface area (TPSA) is 29.5 Å². The van der Waals surface area contributed by atoms with Crippen LogP contribution in [0.15, 0.2) is 0 Å². The fourth-order valence-electron chi connectivity index (χ4n) is 4.57. The van der Waals surface area contributed by atoms with Gasteiger partial charge < -0.3 is 9.64 Å². The summed E-state index contributed by atoms with van der Waals surface area (Å²) in [7, 11) is 0. The minimum Gasteiger partial charge on any atom is -0.381 e. The normalized spacial score (nSPS) is 32.6. The summed E-state index contributed by atoms with van der Waals surface area (Å²) < 4.78 is 5.69. The maximum absolute atomic E-state index is 13.0. The Morgan fingerprint density at radius 2 is 2.00 bits per heavy atom. The van der Waals surface area contributed by atoms with E-state index in [0.717, 1.165) is 52.0 Å². The standard InChI is InChI=1S/C17H29NO2/c1-14(2)11-17(6-3-7-17)15(19)18-9-8-16(12-18)5-4-10-20-13-16/h14H,3-13H2,1-2H3. The summed E-state index contributed by atoms with van der Waals surface area (Å²) in [6.45, 7) is 8.18. The highest BCUT2D eigenvalue weighted by atomic mass is 16.5. The number of rotatable bonds is 3. The number of likely N-dealkylation sites (tertiary alicyclic amines) is 1. The molecule has 1 atom stereocenters. The molecular weight excluding hydrogens is 250 g/mol. The molecular formula is C17H29NO2. The first kappa shape index (κ1) is 14.4. The van der Waals surface area contributed by atoms with E-state index in [4.69, 9.17) is 4.74 Å². The summed E-state index contributed by atoms with van der Waals surface area (Å²) in [5.74, 6) is 1.08. The van der Waals surface area contributed by atoms with Crippen LogP contribution in [0.25, 0.3) is 0 Å². The summed E-state index contributed by atoms with van der Waals surface area (Å²) in [5.41, 5.74) is 0.284. The van der Waals surface area contributed by atoms with Crippen LogP contribution >= 0.6 is 0 Å². The summed E-state index contributed by atoms with van der Waals surface area (Å²) in [5, 5.41) is 0. The Morgan fingerprint density at radius 3 is 2.55 bits per heavy atom. The van der Waals surface area contributed by atoms with Crippen molar-refractivity contribution in [3.8, 4) is 0 Å². The molecule has 0 radical (unpaired) electrons. The van der Waals surface area contributed by atoms with Crippen molar-refractivity contribution in [3.05, 3.63) is 0 Å². The Kier molecular flexibility index (Phi) is 3.83. The number of hydrogen-bond acceptors (Lipinski definition) is 2. The first-order chi connectivity index (χ1) is 9.55. The maximum Gasteiger partial charge on any atom is 0.228 e. The Labute approximate surface area is 123 Å². The highest BCUT2D eigenvalue weighted by molar-refractivity contribution is 5.84. The second-order valence-corrected chi connectivity index (χ2v) is 7.86. The Morgan fingerprint density at radius 1 is 1.20 bits per heavy atom. The highest BCUT2D eigenvalue weighted by Crippen LogP contribution is 2.49. The smallest absolute Gasteiger partial charge is 0.228 e. The zero-order chi connectivity index (χ0) is 14.2. The molecule has 0 aromatic rings. The molecule has 0 aromatic heterocycles. The summed E-state index contributed by atoms with van der Waals surface area (Å²) in [6, 6.07) is 0. The molecule has 1 saturated carbocycles. The van der Waals surface area contributed by atoms with Gasteiger partial charge in [0.05, 0.1) is 6.61 Å². The Bertz CT molecular complexity index is 367. The minimum absolute atomic E-state index is 0.00474. The zero-order valence-electron chi connectivity index (χ0n) is 13.1. The average Bonchev–Trinajstić information content (AvgIpc) is 2.77. The van der Waals surface area contributed by atoms with Crippen molar-refractivity contribution in [1.82, 2.24) is 4.90 Å². The Balaban J connectivity index is 1.66. The van der Waals surface area contributed by atoms with E-state index in [9.17, 15) is 4.79 Å². The molecule has 20 heavy (non-hydrogen) atoms. The van der Waals surface area contributed by atoms with E-state index in [2.05, 4.69) is 18.7 Å². The van der Waals surface area contributed by atoms with Gasteiger partial charge in [0.25, 0.3) is 0 Å². The molecule has 1 amide bonds. The van der Waals surface area contributed by atoms with Crippen molar-refractivity contribution < 1.29 is 9.53 Å². The number of ether oxygens (including phenoxy) is 1. The van der Waals surface area contributed by atoms with E-state index >= 15 is 0 Å². The van der Waals surface area contributed by atoms with Crippen molar-refractivity contribution in [2.24, 2.45) is 16.7 Å². The summed E-state index contributed by atoms with van der Waals surface area (Å²) in [6.07, 6.45) is 8.10. The molecule has 3 rings (SSSR count). The predicted molar refractivity (Wildman–Crippen MR) is 79.4 cm³/mol. The number of hydrogen-bond donors (Lipinski definition) is 0. The molecule has 3 nitrogen and oxygen atoms in total. The molecule has 2 heterocycles. The molecule has 0 aromatic carbocycles. The van der Waals surface area contributed by atoms with Gasteiger partial charge in [0.15, 0.2) is 0 Å². The summed E-state index contributed by atoms with van der Waals surface area (Å²) in [4.78, 5) is 15.2. The summed E-state index contributed by atoms with van der Waals surface area (Å²) >= 11 is 0. The second-order valence-electron chi connectivity index (χ2n) is 7.86. The predicted octanol–water partition coefficient (Wildman–Crippen LogP) is 3.23. The van der Waals surface area contributed by atoms with E-state index in [1.54, 1.807) is 0 Å². The van der Waals surface area contributed by atoms with E-state index < -0.39 is 0 Å². The number of carbonyl (C=O) groups excluding carboxylic acids is 1. The maximum atomic E-state index is 13.0. The first-order valence-electron chi connectivity index (χ1n) is 8.43. The van der Waals surface area contributed by atoms with Crippen LogP contribution < -0.4 is 0 Å². The first-order valence-corrected chi connectivity index (χ1v) is 8.43. The Hall–Kier alpha value is -0.570. The van der Waals surface area contributed by atoms with Gasteiger partial charge in [-0.25, -0.2) is 0 Å². The van der Waals surface area contributed by atoms with Crippen LogP contribution in [0.5, 0.6) is 0 Å². The molecule has 0 N–H and O–H groups in total. The molecule has 0 bridgehead atoms. The van der Waals surface area contributed by atoms with Crippen molar-refractivity contribution >= 4 is 5.91 Å². The van der Waals surface area contributed by atoms with Crippen LogP contribution in [0.3, 0.4) is 0 Å². The van der Waals surface area contributed by atoms with Crippen molar-refractivity contribution in [2.45, 2.75) is 58.8 Å². The van der Waals surface area contributed by atoms with Gasteiger partial charge in [-0.15, -0.1) is 0 Å². The third-order valence-electron chi connectivity index (χ3n) is 5.69. The lowest BCUT2D eigenvalue weighted by molar-refractivity contribution is -0.148. The molecule has 3 heteroatoms. The van der Waals surface area contributed by atoms with Crippen LogP contribution in [0.1, 0.15) is 58.8 Å². The number of carbonyl (C=O) groups is 1. The van der Waals surface area contributed by atoms with E-state index in [1.165, 1.54) is 19.3 Å². The van der Waals surface area contributed by atoms with Gasteiger partial charge in [-0.1, -0.05) is 20.3 Å². The molecule has 3 fully saturated rings. The van der Waals surface area contributed by atoms with Gasteiger partial charge in [-0.05, 0) is 44.4 Å². The molecule has 2 saturated heterocycles. The fourth-order valence-corrected chi connectivity index (χ4v) is 4.57. The van der Waals surface area contributed by atoms with Gasteiger partial charge in [0.1, 0.15) is 0 Å². The quantitative estimate of drug-likeness (QED) is 0.794. The molecule has 114 valence electrons. The molecule has 3 aliphatic rings. The SMILES string of the molecule is CC(C)CC1(C(=O)N2CCC3(CCCOC3)C2)CCC1. The van der Waals surface area contributed by atoms with Gasteiger partial charge in [0.2, 0.25) is 5.91 Å². The minimum atomic E-state index is -0.00474. The molecule has 1 aliphatic carbocycles. The average molecular weight is 279 g/mol. The van der Waals surface area contributed by atoms with E-state index in [-0.39, 0.29) is 10.8 Å². The largest absolute Gasteiger partial charge is 0.381 e. The van der Waals surface area contributed by atoms with E-state index in [1.807, 2.05) is 0 Å². The van der Waals surface area contributed by atoms with Crippen molar-refractivity contribution in [1.29, 1.82) is 0 Å². The molecule has 1 spiro atoms. The van der Waals surface area contributed by atoms with E-state index in [0.29, 0.717) is 11.8 Å². The van der Waals surface area contributed by atoms with Crippen LogP contribution in [0, 0.1) is 16.7 Å². The monoisotopic (exact) mass is 279 g/mol. The lowest BCUT2D eigenvalue weighted by atomic mass is 9.63. The van der Waals surface area contributed by atoms with Crippen molar-refractivity contribution in [2.75, 3.05) is 26.3 Å². The van der Waals surface area contributed by atoms with Crippen LogP contribution in [0.2, 0.25) is 0 Å². The van der Waals surface area contributed by atoms with Gasteiger partial charge in [-0.3, -0.25) is 4.79 Å². The van der Waals surface area contributed by atoms with Crippen molar-refractivity contribution in [3.63, 3.8) is 0 Å². The van der Waals surface area contributed by atoms with Gasteiger partial charge >= 0.3 is 0 Å². The third-order valence-corrected chi connectivity index (χ3v) is 5.69. The molecule has 2 aliphatic heterocycles.